The van der Waals surface area contributed by atoms with E-state index in [-0.39, 0.29) is 0 Å². The maximum absolute atomic E-state index is 6.75. The van der Waals surface area contributed by atoms with Crippen LogP contribution in [-0.4, -0.2) is 5.21 Å². The van der Waals surface area contributed by atoms with Crippen LogP contribution in [0.25, 0.3) is 16.0 Å². The minimum Gasteiger partial charge on any atom is -0.373 e. The van der Waals surface area contributed by atoms with Crippen molar-refractivity contribution >= 4 is 0 Å². The molecule has 0 saturated carbocycles. The zero-order valence-electron chi connectivity index (χ0n) is 2.37. The third-order valence-corrected chi connectivity index (χ3v) is 0. The van der Waals surface area contributed by atoms with Crippen molar-refractivity contribution in [2.45, 2.75) is 0 Å². The van der Waals surface area contributed by atoms with Gasteiger partial charge < -0.3 is 16.3 Å². The quantitative estimate of drug-likeness (QED) is 0.186. The zero-order valence-corrected chi connectivity index (χ0v) is 2.37. The molecule has 0 heterocycles. The van der Waals surface area contributed by atoms with Crippen molar-refractivity contribution in [3.8, 4) is 0 Å². The molecule has 0 saturated heterocycles. The molecule has 0 bridgehead atoms. The van der Waals surface area contributed by atoms with E-state index in [4.69, 9.17) is 16.3 Å². The Morgan fingerprint density at radius 3 is 1.40 bits per heavy atom. The van der Waals surface area contributed by atoms with E-state index >= 15 is 0 Å². The third-order valence-electron chi connectivity index (χ3n) is 0. The lowest BCUT2D eigenvalue weighted by Gasteiger charge is -1.31. The first-order valence-electron chi connectivity index (χ1n) is 0.658. The van der Waals surface area contributed by atoms with Gasteiger partial charge >= 0.3 is 0 Å². The maximum atomic E-state index is 6.75. The highest BCUT2D eigenvalue weighted by Gasteiger charge is 0.732. The first-order valence-corrected chi connectivity index (χ1v) is 0.658. The molecule has 0 spiro atoms. The van der Waals surface area contributed by atoms with Gasteiger partial charge in [-0.15, -0.1) is 0 Å². The highest BCUT2D eigenvalue weighted by atomic mass is 16.4. The van der Waals surface area contributed by atoms with Crippen LogP contribution in [0.1, 0.15) is 0 Å². The molecule has 0 atom stereocenters. The highest BCUT2D eigenvalue weighted by molar-refractivity contribution is 4.36. The summed E-state index contributed by atoms with van der Waals surface area (Å²) in [5, 5.41) is 6.50. The summed E-state index contributed by atoms with van der Waals surface area (Å²) < 4.78 is 0. The van der Waals surface area contributed by atoms with E-state index in [1.165, 1.54) is 4.91 Å². The van der Waals surface area contributed by atoms with E-state index in [0.717, 1.165) is 0 Å². The van der Waals surface area contributed by atoms with Crippen LogP contribution in [0.3, 0.4) is 0 Å². The Labute approximate surface area is 28.4 Å². The van der Waals surface area contributed by atoms with E-state index in [2.05, 4.69) is 5.90 Å². The lowest BCUT2D eigenvalue weighted by molar-refractivity contribution is 0.311. The largest absolute Gasteiger partial charge is 0.373 e. The van der Waals surface area contributed by atoms with Gasteiger partial charge in [-0.3, -0.25) is 4.91 Å². The van der Waals surface area contributed by atoms with Gasteiger partial charge in [-0.05, 0) is 0 Å². The Bertz CT molecular complexity index is 24.6. The molecule has 30 valence electrons. The smallest absolute Gasteiger partial charge is 0.219 e. The van der Waals surface area contributed by atoms with Crippen LogP contribution in [0, 0.1) is 0 Å². The number of nitrogens with two attached hydrogens (primary N) is 1. The number of hydrogen-bond donors (Lipinski definition) is 2. The second-order valence-electron chi connectivity index (χ2n) is 0.0894. The topological polar surface area (TPSA) is 105 Å². The SMILES string of the molecule is NO.[N-]=[N+]=[N-]. The Balaban J connectivity index is 0. The molecule has 0 unspecified atom stereocenters. The molecule has 5 heavy (non-hydrogen) atoms. The fraction of sp³-hybridized carbons (Fsp3) is 0. The minimum atomic E-state index is 1.50. The average Bonchev–Trinajstić information content (AvgIpc) is 1.46. The lowest BCUT2D eigenvalue weighted by Crippen LogP contribution is -1.72. The Morgan fingerprint density at radius 1 is 1.40 bits per heavy atom. The molecule has 0 fully saturated rings. The van der Waals surface area contributed by atoms with Crippen LogP contribution in [0.15, 0.2) is 0 Å². The first kappa shape index (κ1) is 8.87. The summed E-state index contributed by atoms with van der Waals surface area (Å²) in [6, 6.07) is 0. The predicted octanol–water partition coefficient (Wildman–Crippen LogP) is 0.200. The summed E-state index contributed by atoms with van der Waals surface area (Å²) >= 11 is 0. The van der Waals surface area contributed by atoms with Gasteiger partial charge in [-0.1, -0.05) is 0 Å². The van der Waals surface area contributed by atoms with Crippen LogP contribution in [0.5, 0.6) is 0 Å². The van der Waals surface area contributed by atoms with Gasteiger partial charge in [0.15, 0.2) is 0 Å². The monoisotopic (exact) mass is 75.0 g/mol. The van der Waals surface area contributed by atoms with Gasteiger partial charge in [0.1, 0.15) is 0 Å². The average molecular weight is 75.1 g/mol. The van der Waals surface area contributed by atoms with Crippen LogP contribution >= 0.6 is 0 Å². The normalized spacial score (nSPS) is 2.80. The molecule has 3 N–H and O–H groups in total. The molecule has 0 aromatic rings. The van der Waals surface area contributed by atoms with E-state index in [0.29, 0.717) is 0 Å². The molecule has 5 nitrogen and oxygen atoms in total. The molecular formula is H3N4O-. The van der Waals surface area contributed by atoms with Crippen LogP contribution in [-0.2, 0) is 0 Å². The van der Waals surface area contributed by atoms with Crippen molar-refractivity contribution in [3.63, 3.8) is 0 Å². The van der Waals surface area contributed by atoms with E-state index < -0.39 is 0 Å². The summed E-state index contributed by atoms with van der Waals surface area (Å²) in [6.45, 7) is 0. The summed E-state index contributed by atoms with van der Waals surface area (Å²) in [4.78, 5) is 1.50. The minimum absolute atomic E-state index is 1.50. The van der Waals surface area contributed by atoms with Gasteiger partial charge in [0.2, 0.25) is 0 Å². The van der Waals surface area contributed by atoms with Crippen LogP contribution in [0.4, 0.5) is 0 Å². The molecule has 0 aromatic carbocycles. The molecule has 0 rings (SSSR count). The maximum Gasteiger partial charge on any atom is -0.219 e. The third kappa shape index (κ3) is 8.24. The van der Waals surface area contributed by atoms with Crippen molar-refractivity contribution in [1.82, 2.24) is 0 Å². The Morgan fingerprint density at radius 2 is 1.40 bits per heavy atom. The number of hydrogen-bond acceptors (Lipinski definition) is 2. The Hall–Kier alpha value is -0.770. The molecule has 5 heteroatoms. The van der Waals surface area contributed by atoms with Crippen molar-refractivity contribution in [2.75, 3.05) is 0 Å². The van der Waals surface area contributed by atoms with E-state index in [1.807, 2.05) is 0 Å². The molecule has 0 aliphatic rings. The Kier molecular flexibility index (Phi) is 539. The van der Waals surface area contributed by atoms with E-state index in [1.54, 1.807) is 0 Å². The standard InChI is InChI=1S/N3.H3NO/c1-3-2;1-2/h;2H,1H2/q-1;. The number of rotatable bonds is 0. The molecule has 0 aliphatic heterocycles. The van der Waals surface area contributed by atoms with Crippen molar-refractivity contribution in [3.05, 3.63) is 16.0 Å². The van der Waals surface area contributed by atoms with Gasteiger partial charge in [-0.2, -0.15) is 0 Å². The van der Waals surface area contributed by atoms with Gasteiger partial charge in [0, 0.05) is 0 Å². The fourth-order valence-corrected chi connectivity index (χ4v) is 0. The molecule has 0 aromatic heterocycles. The second kappa shape index (κ2) is 304. The second-order valence-corrected chi connectivity index (χ2v) is 0.0894. The highest BCUT2D eigenvalue weighted by Crippen LogP contribution is 1.29. The predicted molar refractivity (Wildman–Crippen MR) is 16.1 cm³/mol. The van der Waals surface area contributed by atoms with Gasteiger partial charge in [-0.25, -0.2) is 5.90 Å². The van der Waals surface area contributed by atoms with Crippen molar-refractivity contribution in [1.29, 1.82) is 0 Å². The first-order chi connectivity index (χ1) is 2.41. The lowest BCUT2D eigenvalue weighted by atomic mass is 13.0. The van der Waals surface area contributed by atoms with Gasteiger partial charge in [0.25, 0.3) is 0 Å². The summed E-state index contributed by atoms with van der Waals surface area (Å²) in [5.74, 6) is 3.50. The van der Waals surface area contributed by atoms with Crippen LogP contribution < -0.4 is 5.90 Å². The van der Waals surface area contributed by atoms with Crippen LogP contribution in [0.2, 0.25) is 0 Å². The summed E-state index contributed by atoms with van der Waals surface area (Å²) in [6.07, 6.45) is 0. The van der Waals surface area contributed by atoms with Crippen molar-refractivity contribution in [2.24, 2.45) is 5.90 Å². The molecule has 0 aliphatic carbocycles. The van der Waals surface area contributed by atoms with Crippen molar-refractivity contribution < 1.29 is 5.21 Å². The summed E-state index contributed by atoms with van der Waals surface area (Å²) in [7, 11) is 0. The number of nitrogens with zero attached hydrogens (tertiary/aromatic N) is 3. The van der Waals surface area contributed by atoms with E-state index in [9.17, 15) is 0 Å². The summed E-state index contributed by atoms with van der Waals surface area (Å²) in [5.41, 5.74) is 13.5. The molecular weight excluding hydrogens is 72.0 g/mol. The van der Waals surface area contributed by atoms with Gasteiger partial charge in [0.05, 0.1) is 0 Å². The fourth-order valence-electron chi connectivity index (χ4n) is 0. The zero-order chi connectivity index (χ0) is 4.71. The molecule has 0 radical (unpaired) electrons. The molecule has 0 amide bonds.